The fraction of sp³-hybridized carbons (Fsp3) is 0.211. The van der Waals surface area contributed by atoms with Gasteiger partial charge in [0.2, 0.25) is 5.16 Å². The maximum absolute atomic E-state index is 12.3. The van der Waals surface area contributed by atoms with E-state index < -0.39 is 0 Å². The second-order valence-corrected chi connectivity index (χ2v) is 6.76. The van der Waals surface area contributed by atoms with Gasteiger partial charge in [0.05, 0.1) is 5.75 Å². The second kappa shape index (κ2) is 7.45. The zero-order valence-corrected chi connectivity index (χ0v) is 14.5. The summed E-state index contributed by atoms with van der Waals surface area (Å²) in [7, 11) is 0. The number of nitrogens with zero attached hydrogens (tertiary/aromatic N) is 2. The molecule has 1 heterocycles. The number of hydrogen-bond acceptors (Lipinski definition) is 4. The first-order valence-corrected chi connectivity index (χ1v) is 8.86. The largest absolute Gasteiger partial charge is 0.293 e. The molecule has 0 unspecified atom stereocenters. The lowest BCUT2D eigenvalue weighted by atomic mass is 10.0. The molecule has 24 heavy (non-hydrogen) atoms. The third-order valence-electron chi connectivity index (χ3n) is 3.68. The summed E-state index contributed by atoms with van der Waals surface area (Å²) >= 11 is 1.36. The molecule has 0 bridgehead atoms. The van der Waals surface area contributed by atoms with Crippen LogP contribution in [0.2, 0.25) is 0 Å². The highest BCUT2D eigenvalue weighted by atomic mass is 32.2. The van der Waals surface area contributed by atoms with Crippen LogP contribution in [0.25, 0.3) is 11.1 Å². The molecule has 0 atom stereocenters. The Kier molecular flexibility index (Phi) is 5.11. The number of carbonyl (C=O) groups is 1. The molecule has 3 rings (SSSR count). The van der Waals surface area contributed by atoms with Gasteiger partial charge in [0.15, 0.2) is 5.78 Å². The molecule has 0 aliphatic carbocycles. The van der Waals surface area contributed by atoms with E-state index >= 15 is 0 Å². The molecule has 122 valence electrons. The number of ketones is 1. The lowest BCUT2D eigenvalue weighted by Crippen LogP contribution is -2.02. The van der Waals surface area contributed by atoms with Gasteiger partial charge in [0.25, 0.3) is 0 Å². The standard InChI is InChI=1S/C19H19N3OS/c1-13(2)18-20-19(22-21-18)24-12-17(23)16-10-8-15(9-11-16)14-6-4-3-5-7-14/h3-11,13H,12H2,1-2H3,(H,20,21,22). The van der Waals surface area contributed by atoms with E-state index in [1.807, 2.05) is 42.5 Å². The summed E-state index contributed by atoms with van der Waals surface area (Å²) in [6, 6.07) is 17.8. The Balaban J connectivity index is 1.62. The molecule has 0 saturated heterocycles. The number of aromatic nitrogens is 3. The van der Waals surface area contributed by atoms with Crippen LogP contribution >= 0.6 is 11.8 Å². The minimum absolute atomic E-state index is 0.0792. The summed E-state index contributed by atoms with van der Waals surface area (Å²) in [6.07, 6.45) is 0. The van der Waals surface area contributed by atoms with Crippen molar-refractivity contribution >= 4 is 17.5 Å². The van der Waals surface area contributed by atoms with Gasteiger partial charge in [-0.05, 0) is 11.1 Å². The number of benzene rings is 2. The summed E-state index contributed by atoms with van der Waals surface area (Å²) in [4.78, 5) is 16.7. The maximum Gasteiger partial charge on any atom is 0.208 e. The van der Waals surface area contributed by atoms with Gasteiger partial charge in [-0.3, -0.25) is 9.89 Å². The predicted octanol–water partition coefficient (Wildman–Crippen LogP) is 4.57. The topological polar surface area (TPSA) is 58.6 Å². The summed E-state index contributed by atoms with van der Waals surface area (Å²) in [5.41, 5.74) is 2.96. The quantitative estimate of drug-likeness (QED) is 0.529. The molecule has 0 radical (unpaired) electrons. The van der Waals surface area contributed by atoms with Crippen LogP contribution in [0, 0.1) is 0 Å². The number of H-pyrrole nitrogens is 1. The number of hydrogen-bond donors (Lipinski definition) is 1. The molecular weight excluding hydrogens is 318 g/mol. The molecule has 1 aromatic heterocycles. The van der Waals surface area contributed by atoms with Crippen LogP contribution in [-0.4, -0.2) is 26.7 Å². The van der Waals surface area contributed by atoms with Crippen molar-refractivity contribution in [1.82, 2.24) is 15.2 Å². The fourth-order valence-corrected chi connectivity index (χ4v) is 2.97. The molecule has 2 aromatic carbocycles. The van der Waals surface area contributed by atoms with Gasteiger partial charge in [0, 0.05) is 11.5 Å². The monoisotopic (exact) mass is 337 g/mol. The Labute approximate surface area is 145 Å². The number of aromatic amines is 1. The van der Waals surface area contributed by atoms with Gasteiger partial charge in [-0.25, -0.2) is 4.98 Å². The summed E-state index contributed by atoms with van der Waals surface area (Å²) in [5.74, 6) is 1.56. The van der Waals surface area contributed by atoms with Crippen molar-refractivity contribution in [3.05, 3.63) is 66.0 Å². The third kappa shape index (κ3) is 3.92. The SMILES string of the molecule is CC(C)c1nc(SCC(=O)c2ccc(-c3ccccc3)cc2)n[nH]1. The lowest BCUT2D eigenvalue weighted by Gasteiger charge is -2.03. The van der Waals surface area contributed by atoms with Gasteiger partial charge in [-0.15, -0.1) is 5.10 Å². The fourth-order valence-electron chi connectivity index (χ4n) is 2.27. The van der Waals surface area contributed by atoms with Gasteiger partial charge in [-0.2, -0.15) is 0 Å². The van der Waals surface area contributed by atoms with Crippen molar-refractivity contribution < 1.29 is 4.79 Å². The number of Topliss-reactive ketones (excluding diaryl/α,β-unsaturated/α-hetero) is 1. The van der Waals surface area contributed by atoms with Crippen LogP contribution in [0.5, 0.6) is 0 Å². The first-order chi connectivity index (χ1) is 11.6. The molecule has 0 aliphatic rings. The van der Waals surface area contributed by atoms with Gasteiger partial charge in [-0.1, -0.05) is 80.2 Å². The Morgan fingerprint density at radius 3 is 2.33 bits per heavy atom. The highest BCUT2D eigenvalue weighted by Gasteiger charge is 2.11. The molecule has 3 aromatic rings. The van der Waals surface area contributed by atoms with Gasteiger partial charge in [0.1, 0.15) is 5.82 Å². The third-order valence-corrected chi connectivity index (χ3v) is 4.52. The lowest BCUT2D eigenvalue weighted by molar-refractivity contribution is 0.102. The zero-order valence-electron chi connectivity index (χ0n) is 13.7. The van der Waals surface area contributed by atoms with Crippen molar-refractivity contribution in [3.63, 3.8) is 0 Å². The van der Waals surface area contributed by atoms with E-state index in [1.165, 1.54) is 11.8 Å². The van der Waals surface area contributed by atoms with Crippen LogP contribution < -0.4 is 0 Å². The second-order valence-electron chi connectivity index (χ2n) is 5.81. The van der Waals surface area contributed by atoms with E-state index in [4.69, 9.17) is 0 Å². The van der Waals surface area contributed by atoms with Crippen LogP contribution in [0.3, 0.4) is 0 Å². The van der Waals surface area contributed by atoms with E-state index in [-0.39, 0.29) is 5.78 Å². The van der Waals surface area contributed by atoms with Crippen LogP contribution in [-0.2, 0) is 0 Å². The Hall–Kier alpha value is -2.40. The van der Waals surface area contributed by atoms with E-state index in [2.05, 4.69) is 41.2 Å². The summed E-state index contributed by atoms with van der Waals surface area (Å²) < 4.78 is 0. The predicted molar refractivity (Wildman–Crippen MR) is 97.4 cm³/mol. The van der Waals surface area contributed by atoms with Crippen LogP contribution in [0.1, 0.15) is 35.9 Å². The molecule has 0 amide bonds. The van der Waals surface area contributed by atoms with Gasteiger partial charge < -0.3 is 0 Å². The highest BCUT2D eigenvalue weighted by Crippen LogP contribution is 2.21. The molecule has 0 fully saturated rings. The number of nitrogens with one attached hydrogen (secondary N) is 1. The minimum atomic E-state index is 0.0792. The summed E-state index contributed by atoms with van der Waals surface area (Å²) in [5, 5.41) is 7.65. The molecule has 4 nitrogen and oxygen atoms in total. The smallest absolute Gasteiger partial charge is 0.208 e. The maximum atomic E-state index is 12.3. The molecule has 0 aliphatic heterocycles. The van der Waals surface area contributed by atoms with E-state index in [9.17, 15) is 4.79 Å². The van der Waals surface area contributed by atoms with E-state index in [0.29, 0.717) is 22.4 Å². The van der Waals surface area contributed by atoms with Gasteiger partial charge >= 0.3 is 0 Å². The molecular formula is C19H19N3OS. The van der Waals surface area contributed by atoms with Crippen molar-refractivity contribution in [3.8, 4) is 11.1 Å². The molecule has 1 N–H and O–H groups in total. The number of thioether (sulfide) groups is 1. The van der Waals surface area contributed by atoms with Crippen molar-refractivity contribution in [1.29, 1.82) is 0 Å². The number of carbonyl (C=O) groups excluding carboxylic acids is 1. The Bertz CT molecular complexity index is 810. The Morgan fingerprint density at radius 1 is 1.04 bits per heavy atom. The number of rotatable bonds is 6. The average molecular weight is 337 g/mol. The normalized spacial score (nSPS) is 11.0. The first kappa shape index (κ1) is 16.5. The molecule has 0 spiro atoms. The Morgan fingerprint density at radius 2 is 1.71 bits per heavy atom. The highest BCUT2D eigenvalue weighted by molar-refractivity contribution is 7.99. The molecule has 0 saturated carbocycles. The first-order valence-electron chi connectivity index (χ1n) is 7.87. The minimum Gasteiger partial charge on any atom is -0.293 e. The van der Waals surface area contributed by atoms with E-state index in [0.717, 1.165) is 17.0 Å². The van der Waals surface area contributed by atoms with Crippen molar-refractivity contribution in [2.75, 3.05) is 5.75 Å². The van der Waals surface area contributed by atoms with E-state index in [1.54, 1.807) is 0 Å². The average Bonchev–Trinajstić information content (AvgIpc) is 3.10. The van der Waals surface area contributed by atoms with Crippen molar-refractivity contribution in [2.24, 2.45) is 0 Å². The summed E-state index contributed by atoms with van der Waals surface area (Å²) in [6.45, 7) is 4.10. The van der Waals surface area contributed by atoms with Crippen molar-refractivity contribution in [2.45, 2.75) is 24.9 Å². The molecule has 5 heteroatoms. The van der Waals surface area contributed by atoms with Crippen LogP contribution in [0.15, 0.2) is 59.8 Å². The van der Waals surface area contributed by atoms with Crippen LogP contribution in [0.4, 0.5) is 0 Å². The zero-order chi connectivity index (χ0) is 16.9.